The van der Waals surface area contributed by atoms with Crippen molar-refractivity contribution in [2.24, 2.45) is 5.92 Å². The molecule has 1 unspecified atom stereocenters. The van der Waals surface area contributed by atoms with Crippen molar-refractivity contribution in [3.05, 3.63) is 29.8 Å². The molecule has 2 nitrogen and oxygen atoms in total. The minimum Gasteiger partial charge on any atom is -0.508 e. The van der Waals surface area contributed by atoms with Gasteiger partial charge in [0.25, 0.3) is 0 Å². The molecule has 0 heterocycles. The number of aromatic hydroxyl groups is 1. The summed E-state index contributed by atoms with van der Waals surface area (Å²) in [5, 5.41) is 9.39. The van der Waals surface area contributed by atoms with Gasteiger partial charge in [-0.05, 0) is 44.0 Å². The summed E-state index contributed by atoms with van der Waals surface area (Å²) in [7, 11) is 2.14. The van der Waals surface area contributed by atoms with E-state index in [1.807, 2.05) is 12.1 Å². The van der Waals surface area contributed by atoms with E-state index in [2.05, 4.69) is 38.8 Å². The Balaban J connectivity index is 2.53. The van der Waals surface area contributed by atoms with Gasteiger partial charge in [-0.3, -0.25) is 4.90 Å². The van der Waals surface area contributed by atoms with Gasteiger partial charge in [-0.2, -0.15) is 0 Å². The summed E-state index contributed by atoms with van der Waals surface area (Å²) in [6.07, 6.45) is 1.20. The third-order valence-corrected chi connectivity index (χ3v) is 2.91. The Morgan fingerprint density at radius 3 is 2.50 bits per heavy atom. The first-order valence-corrected chi connectivity index (χ1v) is 5.97. The number of nitrogens with zero attached hydrogens (tertiary/aromatic N) is 1. The van der Waals surface area contributed by atoms with Crippen LogP contribution in [0.25, 0.3) is 0 Å². The largest absolute Gasteiger partial charge is 0.508 e. The Labute approximate surface area is 98.9 Å². The molecule has 0 fully saturated rings. The van der Waals surface area contributed by atoms with Gasteiger partial charge in [0.05, 0.1) is 0 Å². The Morgan fingerprint density at radius 1 is 1.25 bits per heavy atom. The maximum Gasteiger partial charge on any atom is 0.115 e. The van der Waals surface area contributed by atoms with Crippen LogP contribution in [-0.2, 0) is 6.54 Å². The average Bonchev–Trinajstić information content (AvgIpc) is 2.16. The van der Waals surface area contributed by atoms with Crippen LogP contribution < -0.4 is 0 Å². The van der Waals surface area contributed by atoms with Crippen molar-refractivity contribution in [1.82, 2.24) is 4.90 Å². The summed E-state index contributed by atoms with van der Waals surface area (Å²) in [6.45, 7) is 7.64. The van der Waals surface area contributed by atoms with E-state index in [4.69, 9.17) is 0 Å². The molecule has 0 bridgehead atoms. The molecule has 1 rings (SSSR count). The fraction of sp³-hybridized carbons (Fsp3) is 0.571. The lowest BCUT2D eigenvalue weighted by molar-refractivity contribution is 0.220. The van der Waals surface area contributed by atoms with Gasteiger partial charge >= 0.3 is 0 Å². The summed E-state index contributed by atoms with van der Waals surface area (Å²) in [6, 6.07) is 8.06. The molecule has 1 aromatic rings. The molecule has 1 aromatic carbocycles. The molecule has 0 spiro atoms. The van der Waals surface area contributed by atoms with Crippen LogP contribution in [0.4, 0.5) is 0 Å². The van der Waals surface area contributed by atoms with Crippen LogP contribution in [0, 0.1) is 5.92 Å². The minimum absolute atomic E-state index is 0.349. The lowest BCUT2D eigenvalue weighted by Gasteiger charge is -2.26. The average molecular weight is 221 g/mol. The first-order chi connectivity index (χ1) is 7.49. The normalized spacial score (nSPS) is 13.4. The lowest BCUT2D eigenvalue weighted by Crippen LogP contribution is -2.29. The lowest BCUT2D eigenvalue weighted by atomic mass is 10.0. The fourth-order valence-corrected chi connectivity index (χ4v) is 1.96. The minimum atomic E-state index is 0.349. The monoisotopic (exact) mass is 221 g/mol. The number of phenols is 1. The molecule has 0 aliphatic heterocycles. The standard InChI is InChI=1S/C14H23NO/c1-11(2)8-12(3)15(4)10-13-6-5-7-14(16)9-13/h5-7,9,11-12,16H,8,10H2,1-4H3. The summed E-state index contributed by atoms with van der Waals surface area (Å²) in [4.78, 5) is 2.33. The maximum atomic E-state index is 9.39. The van der Waals surface area contributed by atoms with Gasteiger partial charge in [-0.1, -0.05) is 26.0 Å². The quantitative estimate of drug-likeness (QED) is 0.825. The van der Waals surface area contributed by atoms with E-state index in [0.29, 0.717) is 11.8 Å². The Kier molecular flexibility index (Phi) is 4.81. The van der Waals surface area contributed by atoms with Crippen molar-refractivity contribution in [2.75, 3.05) is 7.05 Å². The van der Waals surface area contributed by atoms with Crippen LogP contribution in [0.1, 0.15) is 32.8 Å². The summed E-state index contributed by atoms with van der Waals surface area (Å²) in [5.41, 5.74) is 1.16. The van der Waals surface area contributed by atoms with Crippen molar-refractivity contribution >= 4 is 0 Å². The van der Waals surface area contributed by atoms with Crippen LogP contribution >= 0.6 is 0 Å². The van der Waals surface area contributed by atoms with Gasteiger partial charge in [0, 0.05) is 12.6 Å². The van der Waals surface area contributed by atoms with Crippen LogP contribution in [0.15, 0.2) is 24.3 Å². The predicted octanol–water partition coefficient (Wildman–Crippen LogP) is 3.26. The zero-order valence-corrected chi connectivity index (χ0v) is 10.8. The predicted molar refractivity (Wildman–Crippen MR) is 68.5 cm³/mol. The molecule has 0 saturated carbocycles. The SMILES string of the molecule is CC(C)CC(C)N(C)Cc1cccc(O)c1. The molecule has 90 valence electrons. The highest BCUT2D eigenvalue weighted by molar-refractivity contribution is 5.26. The molecule has 1 N–H and O–H groups in total. The molecule has 0 radical (unpaired) electrons. The fourth-order valence-electron chi connectivity index (χ4n) is 1.96. The van der Waals surface area contributed by atoms with Crippen molar-refractivity contribution in [3.8, 4) is 5.75 Å². The van der Waals surface area contributed by atoms with Crippen molar-refractivity contribution in [3.63, 3.8) is 0 Å². The second-order valence-corrected chi connectivity index (χ2v) is 5.06. The highest BCUT2D eigenvalue weighted by Gasteiger charge is 2.11. The first kappa shape index (κ1) is 13.0. The van der Waals surface area contributed by atoms with E-state index in [9.17, 15) is 5.11 Å². The summed E-state index contributed by atoms with van der Waals surface area (Å²) >= 11 is 0. The Morgan fingerprint density at radius 2 is 1.94 bits per heavy atom. The van der Waals surface area contributed by atoms with Gasteiger partial charge in [0.1, 0.15) is 5.75 Å². The molecule has 0 saturated heterocycles. The number of hydrogen-bond acceptors (Lipinski definition) is 2. The van der Waals surface area contributed by atoms with Gasteiger partial charge in [0.2, 0.25) is 0 Å². The molecular formula is C14H23NO. The van der Waals surface area contributed by atoms with Crippen molar-refractivity contribution in [2.45, 2.75) is 39.8 Å². The summed E-state index contributed by atoms with van der Waals surface area (Å²) < 4.78 is 0. The van der Waals surface area contributed by atoms with Gasteiger partial charge < -0.3 is 5.11 Å². The highest BCUT2D eigenvalue weighted by atomic mass is 16.3. The molecule has 0 amide bonds. The third-order valence-electron chi connectivity index (χ3n) is 2.91. The highest BCUT2D eigenvalue weighted by Crippen LogP contribution is 2.16. The second-order valence-electron chi connectivity index (χ2n) is 5.06. The van der Waals surface area contributed by atoms with E-state index in [-0.39, 0.29) is 0 Å². The molecule has 0 aliphatic carbocycles. The molecule has 2 heteroatoms. The molecule has 1 atom stereocenters. The molecule has 16 heavy (non-hydrogen) atoms. The van der Waals surface area contributed by atoms with Crippen LogP contribution in [0.3, 0.4) is 0 Å². The van der Waals surface area contributed by atoms with E-state index >= 15 is 0 Å². The van der Waals surface area contributed by atoms with E-state index in [0.717, 1.165) is 18.0 Å². The zero-order valence-electron chi connectivity index (χ0n) is 10.8. The van der Waals surface area contributed by atoms with Crippen LogP contribution in [-0.4, -0.2) is 23.1 Å². The first-order valence-electron chi connectivity index (χ1n) is 5.97. The smallest absolute Gasteiger partial charge is 0.115 e. The zero-order chi connectivity index (χ0) is 12.1. The van der Waals surface area contributed by atoms with E-state index < -0.39 is 0 Å². The van der Waals surface area contributed by atoms with Crippen molar-refractivity contribution in [1.29, 1.82) is 0 Å². The Bertz CT molecular complexity index is 322. The van der Waals surface area contributed by atoms with Crippen LogP contribution in [0.2, 0.25) is 0 Å². The molecule has 0 aromatic heterocycles. The number of hydrogen-bond donors (Lipinski definition) is 1. The van der Waals surface area contributed by atoms with Gasteiger partial charge in [-0.25, -0.2) is 0 Å². The molecular weight excluding hydrogens is 198 g/mol. The second kappa shape index (κ2) is 5.90. The number of benzene rings is 1. The third kappa shape index (κ3) is 4.23. The van der Waals surface area contributed by atoms with Gasteiger partial charge in [-0.15, -0.1) is 0 Å². The van der Waals surface area contributed by atoms with E-state index in [1.54, 1.807) is 6.07 Å². The van der Waals surface area contributed by atoms with Gasteiger partial charge in [0.15, 0.2) is 0 Å². The summed E-state index contributed by atoms with van der Waals surface area (Å²) in [5.74, 6) is 1.07. The topological polar surface area (TPSA) is 23.5 Å². The number of phenolic OH excluding ortho intramolecular Hbond substituents is 1. The van der Waals surface area contributed by atoms with E-state index in [1.165, 1.54) is 6.42 Å². The Hall–Kier alpha value is -1.02. The van der Waals surface area contributed by atoms with Crippen LogP contribution in [0.5, 0.6) is 5.75 Å². The number of rotatable bonds is 5. The maximum absolute atomic E-state index is 9.39. The van der Waals surface area contributed by atoms with Crippen molar-refractivity contribution < 1.29 is 5.11 Å². The molecule has 0 aliphatic rings.